The Labute approximate surface area is 127 Å². The van der Waals surface area contributed by atoms with E-state index >= 15 is 0 Å². The second-order valence-corrected chi connectivity index (χ2v) is 5.64. The van der Waals surface area contributed by atoms with Crippen LogP contribution in [0.5, 0.6) is 0 Å². The minimum absolute atomic E-state index is 0.359. The van der Waals surface area contributed by atoms with Crippen LogP contribution >= 0.6 is 0 Å². The molecule has 118 valence electrons. The minimum atomic E-state index is 0.359. The number of ether oxygens (including phenoxy) is 1. The Morgan fingerprint density at radius 3 is 2.62 bits per heavy atom. The van der Waals surface area contributed by atoms with Gasteiger partial charge in [0.05, 0.1) is 0 Å². The van der Waals surface area contributed by atoms with Crippen LogP contribution in [0, 0.1) is 0 Å². The highest BCUT2D eigenvalue weighted by atomic mass is 16.5. The van der Waals surface area contributed by atoms with Gasteiger partial charge in [-0.2, -0.15) is 0 Å². The summed E-state index contributed by atoms with van der Waals surface area (Å²) in [7, 11) is 3.52. The van der Waals surface area contributed by atoms with Crippen molar-refractivity contribution in [3.63, 3.8) is 0 Å². The maximum absolute atomic E-state index is 5.12. The predicted octanol–water partition coefficient (Wildman–Crippen LogP) is 1.95. The first-order chi connectivity index (χ1) is 10.2. The van der Waals surface area contributed by atoms with E-state index in [1.54, 1.807) is 7.11 Å². The lowest BCUT2D eigenvalue weighted by Gasteiger charge is -2.29. The van der Waals surface area contributed by atoms with Gasteiger partial charge < -0.3 is 20.3 Å². The van der Waals surface area contributed by atoms with Gasteiger partial charge in [-0.05, 0) is 32.9 Å². The summed E-state index contributed by atoms with van der Waals surface area (Å²) in [6.45, 7) is 6.11. The number of nitrogens with one attached hydrogen (secondary N) is 2. The molecule has 0 aliphatic carbocycles. The first-order valence-electron chi connectivity index (χ1n) is 7.75. The zero-order valence-corrected chi connectivity index (χ0v) is 13.4. The number of methoxy groups -OCH3 is 1. The van der Waals surface area contributed by atoms with Crippen LogP contribution < -0.4 is 10.6 Å². The van der Waals surface area contributed by atoms with E-state index in [2.05, 4.69) is 32.4 Å². The molecule has 1 unspecified atom stereocenters. The molecular formula is C15H27N5O. The van der Waals surface area contributed by atoms with Crippen molar-refractivity contribution < 1.29 is 4.74 Å². The number of anilines is 2. The molecule has 1 aromatic heterocycles. The van der Waals surface area contributed by atoms with E-state index in [1.165, 1.54) is 32.4 Å². The Morgan fingerprint density at radius 1 is 1.24 bits per heavy atom. The Balaban J connectivity index is 1.95. The third kappa shape index (κ3) is 5.13. The number of hydrogen-bond acceptors (Lipinski definition) is 6. The summed E-state index contributed by atoms with van der Waals surface area (Å²) in [6.07, 6.45) is 4.01. The minimum Gasteiger partial charge on any atom is -0.377 e. The lowest BCUT2D eigenvalue weighted by atomic mass is 10.1. The topological polar surface area (TPSA) is 62.3 Å². The highest BCUT2D eigenvalue weighted by Crippen LogP contribution is 2.14. The van der Waals surface area contributed by atoms with E-state index in [0.29, 0.717) is 18.5 Å². The lowest BCUT2D eigenvalue weighted by molar-refractivity contribution is 0.178. The van der Waals surface area contributed by atoms with E-state index in [4.69, 9.17) is 4.74 Å². The monoisotopic (exact) mass is 293 g/mol. The molecule has 0 amide bonds. The summed E-state index contributed by atoms with van der Waals surface area (Å²) < 4.78 is 5.12. The van der Waals surface area contributed by atoms with Crippen LogP contribution in [0.15, 0.2) is 6.07 Å². The van der Waals surface area contributed by atoms with Crippen LogP contribution in [0.3, 0.4) is 0 Å². The highest BCUT2D eigenvalue weighted by molar-refractivity contribution is 5.47. The van der Waals surface area contributed by atoms with Crippen molar-refractivity contribution in [2.45, 2.75) is 38.8 Å². The molecule has 6 nitrogen and oxygen atoms in total. The van der Waals surface area contributed by atoms with Gasteiger partial charge in [0, 0.05) is 32.8 Å². The molecule has 6 heteroatoms. The van der Waals surface area contributed by atoms with Gasteiger partial charge >= 0.3 is 0 Å². The van der Waals surface area contributed by atoms with Crippen LogP contribution in [0.25, 0.3) is 0 Å². The van der Waals surface area contributed by atoms with Gasteiger partial charge in [0.1, 0.15) is 18.2 Å². The Kier molecular flexibility index (Phi) is 6.20. The fraction of sp³-hybridized carbons (Fsp3) is 0.733. The summed E-state index contributed by atoms with van der Waals surface area (Å²) in [5, 5.41) is 6.54. The maximum atomic E-state index is 5.12. The number of piperidine rings is 1. The van der Waals surface area contributed by atoms with E-state index < -0.39 is 0 Å². The molecular weight excluding hydrogens is 266 g/mol. The molecule has 2 heterocycles. The van der Waals surface area contributed by atoms with Crippen molar-refractivity contribution in [3.8, 4) is 0 Å². The standard InChI is InChI=1S/C15H27N5O/c1-12(10-20-7-5-4-6-8-20)17-14-9-13(16-2)18-15(19-14)11-21-3/h9,12H,4-8,10-11H2,1-3H3,(H2,16,17,18,19). The Morgan fingerprint density at radius 2 is 1.95 bits per heavy atom. The maximum Gasteiger partial charge on any atom is 0.158 e. The largest absolute Gasteiger partial charge is 0.377 e. The Bertz CT molecular complexity index is 434. The third-order valence-corrected chi connectivity index (χ3v) is 3.68. The molecule has 0 radical (unpaired) electrons. The Hall–Kier alpha value is -1.40. The second kappa shape index (κ2) is 8.14. The van der Waals surface area contributed by atoms with E-state index in [-0.39, 0.29) is 0 Å². The average molecular weight is 293 g/mol. The van der Waals surface area contributed by atoms with Crippen LogP contribution in [0.1, 0.15) is 32.0 Å². The predicted molar refractivity (Wildman–Crippen MR) is 85.7 cm³/mol. The summed E-state index contributed by atoms with van der Waals surface area (Å²) >= 11 is 0. The molecule has 1 aromatic rings. The normalized spacial score (nSPS) is 17.5. The molecule has 0 spiro atoms. The van der Waals surface area contributed by atoms with Crippen LogP contribution in [-0.4, -0.2) is 54.7 Å². The van der Waals surface area contributed by atoms with Crippen molar-refractivity contribution in [1.29, 1.82) is 0 Å². The van der Waals surface area contributed by atoms with Crippen molar-refractivity contribution in [1.82, 2.24) is 14.9 Å². The molecule has 0 bridgehead atoms. The molecule has 0 saturated carbocycles. The highest BCUT2D eigenvalue weighted by Gasteiger charge is 2.14. The number of likely N-dealkylation sites (tertiary alicyclic amines) is 1. The van der Waals surface area contributed by atoms with Gasteiger partial charge in [-0.25, -0.2) is 9.97 Å². The molecule has 21 heavy (non-hydrogen) atoms. The fourth-order valence-electron chi connectivity index (χ4n) is 2.72. The third-order valence-electron chi connectivity index (χ3n) is 3.68. The fourth-order valence-corrected chi connectivity index (χ4v) is 2.72. The average Bonchev–Trinajstić information content (AvgIpc) is 2.48. The summed E-state index contributed by atoms with van der Waals surface area (Å²) in [5.41, 5.74) is 0. The molecule has 1 aliphatic rings. The van der Waals surface area contributed by atoms with Crippen molar-refractivity contribution in [3.05, 3.63) is 11.9 Å². The van der Waals surface area contributed by atoms with E-state index in [1.807, 2.05) is 13.1 Å². The van der Waals surface area contributed by atoms with Crippen LogP contribution in [-0.2, 0) is 11.3 Å². The molecule has 1 atom stereocenters. The molecule has 1 saturated heterocycles. The first-order valence-corrected chi connectivity index (χ1v) is 7.75. The zero-order valence-electron chi connectivity index (χ0n) is 13.4. The smallest absolute Gasteiger partial charge is 0.158 e. The van der Waals surface area contributed by atoms with Crippen molar-refractivity contribution in [2.24, 2.45) is 0 Å². The molecule has 2 N–H and O–H groups in total. The van der Waals surface area contributed by atoms with Crippen LogP contribution in [0.2, 0.25) is 0 Å². The molecule has 1 fully saturated rings. The van der Waals surface area contributed by atoms with Gasteiger partial charge in [0.15, 0.2) is 5.82 Å². The van der Waals surface area contributed by atoms with Gasteiger partial charge in [0.25, 0.3) is 0 Å². The van der Waals surface area contributed by atoms with Gasteiger partial charge in [-0.3, -0.25) is 0 Å². The van der Waals surface area contributed by atoms with Crippen LogP contribution in [0.4, 0.5) is 11.6 Å². The van der Waals surface area contributed by atoms with E-state index in [9.17, 15) is 0 Å². The molecule has 1 aliphatic heterocycles. The SMILES string of the molecule is CNc1cc(NC(C)CN2CCCCC2)nc(COC)n1. The summed E-state index contributed by atoms with van der Waals surface area (Å²) in [6, 6.07) is 2.30. The number of aromatic nitrogens is 2. The summed E-state index contributed by atoms with van der Waals surface area (Å²) in [4.78, 5) is 11.4. The molecule has 0 aromatic carbocycles. The number of hydrogen-bond donors (Lipinski definition) is 2. The summed E-state index contributed by atoms with van der Waals surface area (Å²) in [5.74, 6) is 2.35. The van der Waals surface area contributed by atoms with Crippen molar-refractivity contribution in [2.75, 3.05) is 44.4 Å². The van der Waals surface area contributed by atoms with Gasteiger partial charge in [-0.15, -0.1) is 0 Å². The second-order valence-electron chi connectivity index (χ2n) is 5.64. The number of rotatable bonds is 7. The quantitative estimate of drug-likeness (QED) is 0.801. The van der Waals surface area contributed by atoms with Gasteiger partial charge in [-0.1, -0.05) is 6.42 Å². The van der Waals surface area contributed by atoms with E-state index in [0.717, 1.165) is 18.2 Å². The van der Waals surface area contributed by atoms with Crippen molar-refractivity contribution >= 4 is 11.6 Å². The number of nitrogens with zero attached hydrogens (tertiary/aromatic N) is 3. The zero-order chi connectivity index (χ0) is 15.1. The lowest BCUT2D eigenvalue weighted by Crippen LogP contribution is -2.38. The van der Waals surface area contributed by atoms with Gasteiger partial charge in [0.2, 0.25) is 0 Å². The first kappa shape index (κ1) is 16.0. The molecule has 2 rings (SSSR count).